The van der Waals surface area contributed by atoms with Crippen LogP contribution in [-0.2, 0) is 0 Å². The van der Waals surface area contributed by atoms with Gasteiger partial charge in [-0.05, 0) is 94.9 Å². The first-order valence-electron chi connectivity index (χ1n) is 21.1. The van der Waals surface area contributed by atoms with Crippen LogP contribution in [0.2, 0.25) is 0 Å². The number of nitrogens with zero attached hydrogens (tertiary/aromatic N) is 2. The predicted molar refractivity (Wildman–Crippen MR) is 264 cm³/mol. The number of hydrogen-bond acceptors (Lipinski definition) is 3. The number of rotatable bonds is 6. The number of para-hydroxylation sites is 2. The Labute approximate surface area is 361 Å². The fraction of sp³-hybridized carbons (Fsp3) is 0. The van der Waals surface area contributed by atoms with Crippen molar-refractivity contribution >= 4 is 103 Å². The summed E-state index contributed by atoms with van der Waals surface area (Å²) in [5, 5.41) is 9.62. The molecule has 0 N–H and O–H groups in total. The molecule has 3 aromatic heterocycles. The third kappa shape index (κ3) is 5.37. The molecule has 0 aliphatic rings. The van der Waals surface area contributed by atoms with Crippen molar-refractivity contribution < 1.29 is 4.42 Å². The number of thiophene rings is 1. The number of fused-ring (bicyclic) bond motifs is 11. The minimum atomic E-state index is 0.879. The molecule has 0 radical (unpaired) electrons. The summed E-state index contributed by atoms with van der Waals surface area (Å²) in [6, 6.07) is 79.1. The van der Waals surface area contributed by atoms with Gasteiger partial charge in [-0.3, -0.25) is 0 Å². The molecule has 10 aromatic carbocycles. The third-order valence-electron chi connectivity index (χ3n) is 12.6. The van der Waals surface area contributed by atoms with Gasteiger partial charge in [0.1, 0.15) is 11.2 Å². The summed E-state index contributed by atoms with van der Waals surface area (Å²) < 4.78 is 12.0. The molecule has 0 bridgehead atoms. The van der Waals surface area contributed by atoms with Gasteiger partial charge in [-0.1, -0.05) is 146 Å². The molecule has 0 atom stereocenters. The summed E-state index contributed by atoms with van der Waals surface area (Å²) >= 11 is 1.85. The highest BCUT2D eigenvalue weighted by Crippen LogP contribution is 2.47. The number of hydrogen-bond donors (Lipinski definition) is 0. The quantitative estimate of drug-likeness (QED) is 0.167. The van der Waals surface area contributed by atoms with Gasteiger partial charge >= 0.3 is 0 Å². The molecule has 13 rings (SSSR count). The maximum absolute atomic E-state index is 6.93. The van der Waals surface area contributed by atoms with Crippen molar-refractivity contribution in [1.82, 2.24) is 4.57 Å². The minimum absolute atomic E-state index is 0.879. The second kappa shape index (κ2) is 13.8. The van der Waals surface area contributed by atoms with Crippen LogP contribution in [-0.4, -0.2) is 4.57 Å². The Morgan fingerprint density at radius 3 is 1.84 bits per heavy atom. The van der Waals surface area contributed by atoms with Crippen molar-refractivity contribution in [2.45, 2.75) is 0 Å². The van der Waals surface area contributed by atoms with Crippen molar-refractivity contribution in [3.63, 3.8) is 0 Å². The molecule has 0 spiro atoms. The van der Waals surface area contributed by atoms with Gasteiger partial charge in [0.05, 0.1) is 22.1 Å². The van der Waals surface area contributed by atoms with Gasteiger partial charge in [-0.25, -0.2) is 0 Å². The number of anilines is 3. The van der Waals surface area contributed by atoms with E-state index in [4.69, 9.17) is 4.42 Å². The standard InChI is InChI=1S/C58H36N2OS/c1-2-13-37(14-3-1)38-25-29-41(30-26-38)59(43-33-34-55-49(35-43)46-19-8-11-24-54(46)62-55)42-31-27-40(28-32-42)48-36-50-45-18-6-9-21-52(45)60(51-22-12-16-39-15-4-5-17-44(39)51)57(50)56-47-20-7-10-23-53(47)61-58(48)56/h1-36H. The predicted octanol–water partition coefficient (Wildman–Crippen LogP) is 17.0. The van der Waals surface area contributed by atoms with Crippen LogP contribution in [0.15, 0.2) is 223 Å². The van der Waals surface area contributed by atoms with Crippen LogP contribution in [0.4, 0.5) is 17.1 Å². The molecule has 0 fully saturated rings. The summed E-state index contributed by atoms with van der Waals surface area (Å²) in [6.07, 6.45) is 0. The van der Waals surface area contributed by atoms with E-state index in [-0.39, 0.29) is 0 Å². The van der Waals surface area contributed by atoms with E-state index in [9.17, 15) is 0 Å². The molecule has 290 valence electrons. The van der Waals surface area contributed by atoms with Crippen LogP contribution in [0.5, 0.6) is 0 Å². The smallest absolute Gasteiger partial charge is 0.145 e. The van der Waals surface area contributed by atoms with E-state index in [1.165, 1.54) is 58.4 Å². The first-order chi connectivity index (χ1) is 30.7. The highest BCUT2D eigenvalue weighted by Gasteiger charge is 2.24. The molecule has 0 aliphatic carbocycles. The van der Waals surface area contributed by atoms with Crippen molar-refractivity contribution in [1.29, 1.82) is 0 Å². The lowest BCUT2D eigenvalue weighted by Crippen LogP contribution is -2.09. The Bertz CT molecular complexity index is 3850. The van der Waals surface area contributed by atoms with Crippen LogP contribution in [0.1, 0.15) is 0 Å². The molecule has 3 nitrogen and oxygen atoms in total. The largest absolute Gasteiger partial charge is 0.455 e. The topological polar surface area (TPSA) is 21.3 Å². The fourth-order valence-electron chi connectivity index (χ4n) is 9.73. The van der Waals surface area contributed by atoms with Crippen molar-refractivity contribution in [3.8, 4) is 27.9 Å². The Balaban J connectivity index is 1.01. The number of furan rings is 1. The maximum Gasteiger partial charge on any atom is 0.145 e. The van der Waals surface area contributed by atoms with Crippen LogP contribution in [0.3, 0.4) is 0 Å². The second-order valence-electron chi connectivity index (χ2n) is 16.0. The number of aromatic nitrogens is 1. The van der Waals surface area contributed by atoms with Crippen molar-refractivity contribution in [3.05, 3.63) is 218 Å². The zero-order valence-corrected chi connectivity index (χ0v) is 34.3. The van der Waals surface area contributed by atoms with E-state index in [1.807, 2.05) is 11.3 Å². The molecule has 13 aromatic rings. The molecule has 4 heteroatoms. The lowest BCUT2D eigenvalue weighted by molar-refractivity contribution is 0.670. The van der Waals surface area contributed by atoms with Crippen LogP contribution >= 0.6 is 11.3 Å². The summed E-state index contributed by atoms with van der Waals surface area (Å²) in [4.78, 5) is 2.38. The normalized spacial score (nSPS) is 11.9. The molecule has 0 aliphatic heterocycles. The molecule has 0 saturated heterocycles. The van der Waals surface area contributed by atoms with Crippen molar-refractivity contribution in [2.24, 2.45) is 0 Å². The van der Waals surface area contributed by atoms with Gasteiger partial charge in [0.15, 0.2) is 0 Å². The fourth-order valence-corrected chi connectivity index (χ4v) is 10.8. The SMILES string of the molecule is c1ccc(-c2ccc(N(c3ccc(-c4cc5c6ccccc6n(-c6cccc7ccccc67)c5c5c4oc4ccccc45)cc3)c3ccc4sc5ccccc5c4c3)cc2)cc1. The van der Waals surface area contributed by atoms with E-state index in [2.05, 4.69) is 228 Å². The Morgan fingerprint density at radius 1 is 0.403 bits per heavy atom. The molecule has 0 saturated carbocycles. The molecular weight excluding hydrogens is 773 g/mol. The van der Waals surface area contributed by atoms with Crippen molar-refractivity contribution in [2.75, 3.05) is 4.90 Å². The monoisotopic (exact) mass is 808 g/mol. The summed E-state index contributed by atoms with van der Waals surface area (Å²) in [7, 11) is 0. The van der Waals surface area contributed by atoms with Gasteiger partial charge in [-0.2, -0.15) is 0 Å². The van der Waals surface area contributed by atoms with Gasteiger partial charge < -0.3 is 13.9 Å². The van der Waals surface area contributed by atoms with E-state index < -0.39 is 0 Å². The van der Waals surface area contributed by atoms with Crippen LogP contribution in [0.25, 0.3) is 103 Å². The van der Waals surface area contributed by atoms with Crippen LogP contribution in [0, 0.1) is 0 Å². The van der Waals surface area contributed by atoms with Crippen LogP contribution < -0.4 is 4.90 Å². The van der Waals surface area contributed by atoms with Gasteiger partial charge in [0.25, 0.3) is 0 Å². The Hall–Kier alpha value is -7.92. The highest BCUT2D eigenvalue weighted by molar-refractivity contribution is 7.25. The average Bonchev–Trinajstić information content (AvgIpc) is 4.02. The number of benzene rings is 10. The first-order valence-corrected chi connectivity index (χ1v) is 21.9. The maximum atomic E-state index is 6.93. The molecule has 3 heterocycles. The third-order valence-corrected chi connectivity index (χ3v) is 13.7. The Kier molecular flexibility index (Phi) is 7.78. The minimum Gasteiger partial charge on any atom is -0.455 e. The van der Waals surface area contributed by atoms with Gasteiger partial charge in [0, 0.05) is 64.3 Å². The lowest BCUT2D eigenvalue weighted by Gasteiger charge is -2.26. The summed E-state index contributed by atoms with van der Waals surface area (Å²) in [5.74, 6) is 0. The Morgan fingerprint density at radius 2 is 1.02 bits per heavy atom. The van der Waals surface area contributed by atoms with Gasteiger partial charge in [0.2, 0.25) is 0 Å². The molecule has 0 amide bonds. The van der Waals surface area contributed by atoms with Gasteiger partial charge in [-0.15, -0.1) is 11.3 Å². The molecule has 0 unspecified atom stereocenters. The second-order valence-corrected chi connectivity index (χ2v) is 17.1. The molecule has 62 heavy (non-hydrogen) atoms. The lowest BCUT2D eigenvalue weighted by atomic mass is 9.98. The van der Waals surface area contributed by atoms with E-state index in [1.54, 1.807) is 0 Å². The summed E-state index contributed by atoms with van der Waals surface area (Å²) in [5.41, 5.74) is 13.1. The zero-order valence-electron chi connectivity index (χ0n) is 33.5. The first kappa shape index (κ1) is 34.9. The molecular formula is C58H36N2OS. The zero-order chi connectivity index (χ0) is 40.7. The summed E-state index contributed by atoms with van der Waals surface area (Å²) in [6.45, 7) is 0. The van der Waals surface area contributed by atoms with E-state index in [0.29, 0.717) is 0 Å². The van der Waals surface area contributed by atoms with E-state index in [0.717, 1.165) is 61.3 Å². The average molecular weight is 809 g/mol. The highest BCUT2D eigenvalue weighted by atomic mass is 32.1. The van der Waals surface area contributed by atoms with E-state index >= 15 is 0 Å².